The van der Waals surface area contributed by atoms with E-state index in [9.17, 15) is 4.79 Å². The van der Waals surface area contributed by atoms with E-state index >= 15 is 0 Å². The van der Waals surface area contributed by atoms with Gasteiger partial charge in [0.2, 0.25) is 0 Å². The molecular formula is C18H24N4O. The normalized spacial score (nSPS) is 17.4. The van der Waals surface area contributed by atoms with Crippen molar-refractivity contribution >= 4 is 5.91 Å². The lowest BCUT2D eigenvalue weighted by atomic mass is 10.1. The van der Waals surface area contributed by atoms with Gasteiger partial charge >= 0.3 is 0 Å². The first-order valence-electron chi connectivity index (χ1n) is 8.27. The lowest BCUT2D eigenvalue weighted by Gasteiger charge is -2.23. The van der Waals surface area contributed by atoms with E-state index in [0.717, 1.165) is 37.2 Å². The molecule has 1 aliphatic rings. The number of benzene rings is 1. The van der Waals surface area contributed by atoms with Crippen LogP contribution in [0.4, 0.5) is 0 Å². The van der Waals surface area contributed by atoms with Crippen molar-refractivity contribution in [2.24, 2.45) is 0 Å². The number of likely N-dealkylation sites (N-methyl/N-ethyl adjacent to an activating group) is 1. The van der Waals surface area contributed by atoms with E-state index < -0.39 is 0 Å². The zero-order valence-corrected chi connectivity index (χ0v) is 13.8. The van der Waals surface area contributed by atoms with Crippen LogP contribution in [0.1, 0.15) is 35.0 Å². The third-order valence-electron chi connectivity index (χ3n) is 4.59. The summed E-state index contributed by atoms with van der Waals surface area (Å²) in [5, 5.41) is 7.78. The minimum Gasteiger partial charge on any atom is -0.337 e. The number of carbonyl (C=O) groups excluding carboxylic acids is 1. The minimum absolute atomic E-state index is 0.0786. The quantitative estimate of drug-likeness (QED) is 0.918. The Labute approximate surface area is 137 Å². The molecule has 0 radical (unpaired) electrons. The van der Waals surface area contributed by atoms with Crippen molar-refractivity contribution in [3.63, 3.8) is 0 Å². The van der Waals surface area contributed by atoms with Gasteiger partial charge in [0.15, 0.2) is 0 Å². The molecule has 1 amide bonds. The molecule has 1 aliphatic heterocycles. The molecule has 122 valence electrons. The van der Waals surface area contributed by atoms with Gasteiger partial charge in [0.1, 0.15) is 0 Å². The number of aromatic nitrogens is 2. The Kier molecular flexibility index (Phi) is 4.76. The third kappa shape index (κ3) is 3.29. The Balaban J connectivity index is 1.81. The van der Waals surface area contributed by atoms with E-state index in [2.05, 4.69) is 29.5 Å². The second kappa shape index (κ2) is 6.96. The van der Waals surface area contributed by atoms with Crippen LogP contribution in [0.5, 0.6) is 0 Å². The van der Waals surface area contributed by atoms with E-state index in [-0.39, 0.29) is 11.9 Å². The molecule has 3 rings (SSSR count). The van der Waals surface area contributed by atoms with Crippen LogP contribution in [0.15, 0.2) is 36.5 Å². The molecule has 1 aromatic heterocycles. The van der Waals surface area contributed by atoms with Crippen LogP contribution in [0.2, 0.25) is 0 Å². The van der Waals surface area contributed by atoms with Crippen molar-refractivity contribution in [2.45, 2.75) is 32.4 Å². The highest BCUT2D eigenvalue weighted by atomic mass is 16.2. The second-order valence-corrected chi connectivity index (χ2v) is 6.06. The highest BCUT2D eigenvalue weighted by Crippen LogP contribution is 2.17. The number of amides is 1. The van der Waals surface area contributed by atoms with Crippen molar-refractivity contribution in [3.8, 4) is 0 Å². The van der Waals surface area contributed by atoms with Crippen molar-refractivity contribution < 1.29 is 4.79 Å². The molecule has 0 aliphatic carbocycles. The second-order valence-electron chi connectivity index (χ2n) is 6.06. The Hall–Kier alpha value is -2.14. The Morgan fingerprint density at radius 3 is 2.83 bits per heavy atom. The number of rotatable bonds is 5. The van der Waals surface area contributed by atoms with Gasteiger partial charge < -0.3 is 10.2 Å². The highest BCUT2D eigenvalue weighted by molar-refractivity contribution is 5.95. The van der Waals surface area contributed by atoms with Gasteiger partial charge in [0.25, 0.3) is 5.91 Å². The summed E-state index contributed by atoms with van der Waals surface area (Å²) in [6.07, 6.45) is 3.54. The third-order valence-corrected chi connectivity index (χ3v) is 4.59. The number of hydrogen-bond acceptors (Lipinski definition) is 3. The van der Waals surface area contributed by atoms with E-state index in [1.807, 2.05) is 34.8 Å². The Bertz CT molecular complexity index is 659. The van der Waals surface area contributed by atoms with Gasteiger partial charge in [0, 0.05) is 19.6 Å². The number of nitrogens with one attached hydrogen (secondary N) is 1. The molecule has 1 atom stereocenters. The minimum atomic E-state index is 0.0786. The summed E-state index contributed by atoms with van der Waals surface area (Å²) in [5.41, 5.74) is 2.94. The fourth-order valence-electron chi connectivity index (χ4n) is 3.18. The molecule has 1 aromatic carbocycles. The smallest absolute Gasteiger partial charge is 0.257 e. The van der Waals surface area contributed by atoms with Gasteiger partial charge in [-0.05, 0) is 24.9 Å². The monoisotopic (exact) mass is 312 g/mol. The first kappa shape index (κ1) is 15.7. The zero-order chi connectivity index (χ0) is 16.2. The molecule has 1 fully saturated rings. The zero-order valence-electron chi connectivity index (χ0n) is 13.8. The Morgan fingerprint density at radius 2 is 2.17 bits per heavy atom. The molecule has 5 nitrogen and oxygen atoms in total. The molecular weight excluding hydrogens is 288 g/mol. The molecule has 2 aromatic rings. The standard InChI is InChI=1S/C18H24N4O/c1-3-17-16(18(23)21(2)15-9-10-19-11-15)12-20-22(17)13-14-7-5-4-6-8-14/h4-8,12,15,19H,3,9-11,13H2,1-2H3. The summed E-state index contributed by atoms with van der Waals surface area (Å²) in [7, 11) is 1.90. The lowest BCUT2D eigenvalue weighted by molar-refractivity contribution is 0.0742. The van der Waals surface area contributed by atoms with E-state index in [4.69, 9.17) is 0 Å². The maximum Gasteiger partial charge on any atom is 0.257 e. The maximum atomic E-state index is 12.8. The first-order chi connectivity index (χ1) is 11.2. The molecule has 0 spiro atoms. The largest absolute Gasteiger partial charge is 0.337 e. The van der Waals surface area contributed by atoms with Crippen molar-refractivity contribution in [1.29, 1.82) is 0 Å². The summed E-state index contributed by atoms with van der Waals surface area (Å²) in [6.45, 7) is 4.64. The van der Waals surface area contributed by atoms with Crippen LogP contribution in [0.3, 0.4) is 0 Å². The van der Waals surface area contributed by atoms with Crippen LogP contribution in [0.25, 0.3) is 0 Å². The van der Waals surface area contributed by atoms with Gasteiger partial charge in [0.05, 0.1) is 24.0 Å². The van der Waals surface area contributed by atoms with Gasteiger partial charge in [-0.1, -0.05) is 37.3 Å². The van der Waals surface area contributed by atoms with Gasteiger partial charge in [-0.25, -0.2) is 0 Å². The van der Waals surface area contributed by atoms with Gasteiger partial charge in [-0.15, -0.1) is 0 Å². The molecule has 1 unspecified atom stereocenters. The summed E-state index contributed by atoms with van der Waals surface area (Å²) < 4.78 is 1.95. The predicted molar refractivity (Wildman–Crippen MR) is 90.5 cm³/mol. The molecule has 1 saturated heterocycles. The molecule has 1 N–H and O–H groups in total. The van der Waals surface area contributed by atoms with Crippen LogP contribution in [-0.2, 0) is 13.0 Å². The van der Waals surface area contributed by atoms with Crippen molar-refractivity contribution in [1.82, 2.24) is 20.0 Å². The van der Waals surface area contributed by atoms with E-state index in [1.165, 1.54) is 5.56 Å². The average Bonchev–Trinajstić information content (AvgIpc) is 3.24. The van der Waals surface area contributed by atoms with Gasteiger partial charge in [-0.3, -0.25) is 9.48 Å². The van der Waals surface area contributed by atoms with Crippen LogP contribution >= 0.6 is 0 Å². The maximum absolute atomic E-state index is 12.8. The predicted octanol–water partition coefficient (Wildman–Crippen LogP) is 1.93. The Morgan fingerprint density at radius 1 is 1.39 bits per heavy atom. The van der Waals surface area contributed by atoms with Gasteiger partial charge in [-0.2, -0.15) is 5.10 Å². The van der Waals surface area contributed by atoms with Crippen LogP contribution < -0.4 is 5.32 Å². The first-order valence-corrected chi connectivity index (χ1v) is 8.27. The topological polar surface area (TPSA) is 50.2 Å². The number of carbonyl (C=O) groups is 1. The molecule has 0 saturated carbocycles. The van der Waals surface area contributed by atoms with Crippen molar-refractivity contribution in [2.75, 3.05) is 20.1 Å². The summed E-state index contributed by atoms with van der Waals surface area (Å²) in [5.74, 6) is 0.0786. The molecule has 5 heteroatoms. The fourth-order valence-corrected chi connectivity index (χ4v) is 3.18. The summed E-state index contributed by atoms with van der Waals surface area (Å²) in [4.78, 5) is 14.7. The van der Waals surface area contributed by atoms with Crippen LogP contribution in [0, 0.1) is 0 Å². The molecule has 2 heterocycles. The van der Waals surface area contributed by atoms with Crippen molar-refractivity contribution in [3.05, 3.63) is 53.3 Å². The van der Waals surface area contributed by atoms with E-state index in [1.54, 1.807) is 6.20 Å². The fraction of sp³-hybridized carbons (Fsp3) is 0.444. The SMILES string of the molecule is CCc1c(C(=O)N(C)C2CCNC2)cnn1Cc1ccccc1. The highest BCUT2D eigenvalue weighted by Gasteiger charge is 2.26. The van der Waals surface area contributed by atoms with Crippen LogP contribution in [-0.4, -0.2) is 46.8 Å². The molecule has 23 heavy (non-hydrogen) atoms. The lowest BCUT2D eigenvalue weighted by Crippen LogP contribution is -2.38. The number of hydrogen-bond donors (Lipinski definition) is 1. The summed E-state index contributed by atoms with van der Waals surface area (Å²) in [6, 6.07) is 10.5. The summed E-state index contributed by atoms with van der Waals surface area (Å²) >= 11 is 0. The molecule has 0 bridgehead atoms. The number of nitrogens with zero attached hydrogens (tertiary/aromatic N) is 3. The van der Waals surface area contributed by atoms with E-state index in [0.29, 0.717) is 6.54 Å². The average molecular weight is 312 g/mol.